The Balaban J connectivity index is 2.19. The smallest absolute Gasteiger partial charge is 0.326 e. The standard InChI is InChI=1S/C39H59N9O7/c1-6-25(5)33(37(53)44-22-32(49)45-29(16-11-17-43-39(41)42)35(51)47-31(38(54)55)18-23(2)3)48-36(52)30(21-27-15-10-12-24(4)19-27)46-34(50)28(40)20-26-13-8-7-9-14-26/h7-10,12-15,19,23,25,28-31,33H,6,11,16-18,20-22,40H2,1-5H3,(H,44,53)(H,45,49)(H,46,50)(H,47,51)(H,48,52)(H,54,55)(H4,41,42,43)/t25-,28-,29-,30-,31-,33-/m0/s1. The number of hydrogen-bond acceptors (Lipinski definition) is 8. The van der Waals surface area contributed by atoms with Gasteiger partial charge in [-0.1, -0.05) is 94.3 Å². The Labute approximate surface area is 323 Å². The second-order valence-corrected chi connectivity index (χ2v) is 14.2. The quantitative estimate of drug-likeness (QED) is 0.0427. The lowest BCUT2D eigenvalue weighted by atomic mass is 9.96. The van der Waals surface area contributed by atoms with Gasteiger partial charge in [-0.2, -0.15) is 0 Å². The van der Waals surface area contributed by atoms with E-state index < -0.39 is 72.3 Å². The molecule has 0 aliphatic carbocycles. The summed E-state index contributed by atoms with van der Waals surface area (Å²) >= 11 is 0. The van der Waals surface area contributed by atoms with Gasteiger partial charge in [0.05, 0.1) is 12.6 Å². The predicted octanol–water partition coefficient (Wildman–Crippen LogP) is 0.393. The molecule has 0 saturated heterocycles. The number of nitrogens with one attached hydrogen (secondary N) is 5. The SMILES string of the molecule is CC[C@H](C)[C@H](NC(=O)[C@H](Cc1cccc(C)c1)NC(=O)[C@@H](N)Cc1ccccc1)C(=O)NCC(=O)N[C@@H](CCCN=C(N)N)C(=O)N[C@@H](CC(C)C)C(=O)O. The molecule has 0 aromatic heterocycles. The van der Waals surface area contributed by atoms with Gasteiger partial charge in [0, 0.05) is 13.0 Å². The highest BCUT2D eigenvalue weighted by atomic mass is 16.4. The summed E-state index contributed by atoms with van der Waals surface area (Å²) in [6.07, 6.45) is 1.39. The molecular formula is C39H59N9O7. The van der Waals surface area contributed by atoms with Crippen molar-refractivity contribution < 1.29 is 33.9 Å². The van der Waals surface area contributed by atoms with Crippen molar-refractivity contribution >= 4 is 41.5 Å². The van der Waals surface area contributed by atoms with Gasteiger partial charge in [0.1, 0.15) is 24.2 Å². The maximum atomic E-state index is 13.9. The number of benzene rings is 2. The summed E-state index contributed by atoms with van der Waals surface area (Å²) in [4.78, 5) is 82.7. The second-order valence-electron chi connectivity index (χ2n) is 14.2. The van der Waals surface area contributed by atoms with Crippen LogP contribution in [-0.2, 0) is 41.6 Å². The minimum atomic E-state index is -1.21. The largest absolute Gasteiger partial charge is 0.480 e. The van der Waals surface area contributed by atoms with Crippen molar-refractivity contribution in [2.45, 2.75) is 103 Å². The first-order valence-corrected chi connectivity index (χ1v) is 18.6. The van der Waals surface area contributed by atoms with Gasteiger partial charge in [0.2, 0.25) is 29.5 Å². The fourth-order valence-corrected chi connectivity index (χ4v) is 5.74. The third kappa shape index (κ3) is 17.0. The summed E-state index contributed by atoms with van der Waals surface area (Å²) in [6, 6.07) is 11.3. The Hall–Kier alpha value is -5.51. The minimum absolute atomic E-state index is 0.0308. The number of carboxylic acid groups (broad SMARTS) is 1. The molecule has 0 saturated carbocycles. The molecule has 0 aliphatic heterocycles. The number of hydrogen-bond donors (Lipinski definition) is 9. The van der Waals surface area contributed by atoms with E-state index in [-0.39, 0.29) is 56.4 Å². The van der Waals surface area contributed by atoms with Crippen molar-refractivity contribution in [2.24, 2.45) is 34.0 Å². The summed E-state index contributed by atoms with van der Waals surface area (Å²) < 4.78 is 0. The lowest BCUT2D eigenvalue weighted by Crippen LogP contribution is -2.58. The summed E-state index contributed by atoms with van der Waals surface area (Å²) in [7, 11) is 0. The summed E-state index contributed by atoms with van der Waals surface area (Å²) in [5.74, 6) is -5.02. The first kappa shape index (κ1) is 45.6. The molecule has 0 fully saturated rings. The Morgan fingerprint density at radius 2 is 1.40 bits per heavy atom. The topological polar surface area (TPSA) is 273 Å². The number of amides is 5. The van der Waals surface area contributed by atoms with Crippen LogP contribution in [0.1, 0.15) is 70.1 Å². The number of nitrogens with zero attached hydrogens (tertiary/aromatic N) is 1. The third-order valence-electron chi connectivity index (χ3n) is 8.93. The van der Waals surface area contributed by atoms with Crippen LogP contribution < -0.4 is 43.8 Å². The van der Waals surface area contributed by atoms with Gasteiger partial charge in [-0.15, -0.1) is 0 Å². The van der Waals surface area contributed by atoms with Crippen LogP contribution in [0.4, 0.5) is 0 Å². The zero-order valence-corrected chi connectivity index (χ0v) is 32.5. The maximum Gasteiger partial charge on any atom is 0.326 e. The maximum absolute atomic E-state index is 13.9. The Morgan fingerprint density at radius 1 is 0.764 bits per heavy atom. The predicted molar refractivity (Wildman–Crippen MR) is 210 cm³/mol. The summed E-state index contributed by atoms with van der Waals surface area (Å²) in [5.41, 5.74) is 19.6. The Bertz CT molecular complexity index is 1620. The molecule has 0 unspecified atom stereocenters. The molecule has 16 heteroatoms. The van der Waals surface area contributed by atoms with Crippen LogP contribution in [-0.4, -0.2) is 89.9 Å². The lowest BCUT2D eigenvalue weighted by molar-refractivity contribution is -0.142. The van der Waals surface area contributed by atoms with E-state index in [0.717, 1.165) is 16.7 Å². The molecule has 0 heterocycles. The number of nitrogens with two attached hydrogens (primary N) is 3. The van der Waals surface area contributed by atoms with Gasteiger partial charge in [-0.3, -0.25) is 29.0 Å². The monoisotopic (exact) mass is 765 g/mol. The van der Waals surface area contributed by atoms with E-state index in [1.807, 2.05) is 82.3 Å². The van der Waals surface area contributed by atoms with E-state index in [0.29, 0.717) is 6.42 Å². The van der Waals surface area contributed by atoms with Crippen molar-refractivity contribution in [3.05, 3.63) is 71.3 Å². The molecule has 6 atom stereocenters. The molecular weight excluding hydrogens is 706 g/mol. The molecule has 5 amide bonds. The van der Waals surface area contributed by atoms with Crippen LogP contribution >= 0.6 is 0 Å². The number of aliphatic imine (C=N–C) groups is 1. The van der Waals surface area contributed by atoms with E-state index >= 15 is 0 Å². The minimum Gasteiger partial charge on any atom is -0.480 e. The van der Waals surface area contributed by atoms with E-state index in [1.165, 1.54) is 0 Å². The average molecular weight is 766 g/mol. The molecule has 0 spiro atoms. The van der Waals surface area contributed by atoms with Crippen LogP contribution in [0.5, 0.6) is 0 Å². The molecule has 0 bridgehead atoms. The molecule has 16 nitrogen and oxygen atoms in total. The molecule has 0 radical (unpaired) electrons. The lowest BCUT2D eigenvalue weighted by Gasteiger charge is -2.27. The number of aryl methyl sites for hydroxylation is 1. The van der Waals surface area contributed by atoms with Gasteiger partial charge in [0.15, 0.2) is 5.96 Å². The van der Waals surface area contributed by atoms with Gasteiger partial charge >= 0.3 is 5.97 Å². The van der Waals surface area contributed by atoms with E-state index in [9.17, 15) is 33.9 Å². The zero-order chi connectivity index (χ0) is 41.1. The Kier molecular flexibility index (Phi) is 19.3. The molecule has 2 rings (SSSR count). The summed E-state index contributed by atoms with van der Waals surface area (Å²) in [6.45, 7) is 8.76. The van der Waals surface area contributed by atoms with E-state index in [4.69, 9.17) is 17.2 Å². The molecule has 2 aromatic carbocycles. The first-order valence-electron chi connectivity index (χ1n) is 18.6. The highest BCUT2D eigenvalue weighted by Gasteiger charge is 2.32. The van der Waals surface area contributed by atoms with E-state index in [2.05, 4.69) is 31.6 Å². The van der Waals surface area contributed by atoms with Crippen molar-refractivity contribution in [2.75, 3.05) is 13.1 Å². The van der Waals surface area contributed by atoms with Crippen molar-refractivity contribution in [3.8, 4) is 0 Å². The van der Waals surface area contributed by atoms with Gasteiger partial charge < -0.3 is 48.9 Å². The summed E-state index contributed by atoms with van der Waals surface area (Å²) in [5, 5.41) is 22.8. The van der Waals surface area contributed by atoms with Crippen LogP contribution in [0.3, 0.4) is 0 Å². The van der Waals surface area contributed by atoms with Gasteiger partial charge in [-0.05, 0) is 55.6 Å². The zero-order valence-electron chi connectivity index (χ0n) is 32.5. The van der Waals surface area contributed by atoms with Crippen molar-refractivity contribution in [1.29, 1.82) is 0 Å². The normalized spacial score (nSPS) is 14.2. The number of rotatable bonds is 23. The number of carbonyl (C=O) groups is 6. The number of carbonyl (C=O) groups excluding carboxylic acids is 5. The highest BCUT2D eigenvalue weighted by Crippen LogP contribution is 2.12. The fraction of sp³-hybridized carbons (Fsp3) is 0.513. The number of carboxylic acids is 1. The van der Waals surface area contributed by atoms with E-state index in [1.54, 1.807) is 6.92 Å². The number of aliphatic carboxylic acids is 1. The molecule has 302 valence electrons. The second kappa shape index (κ2) is 23.3. The number of guanidine groups is 1. The Morgan fingerprint density at radius 3 is 2.00 bits per heavy atom. The molecule has 2 aromatic rings. The van der Waals surface area contributed by atoms with Crippen LogP contribution in [0.15, 0.2) is 59.6 Å². The van der Waals surface area contributed by atoms with Crippen LogP contribution in [0, 0.1) is 18.8 Å². The van der Waals surface area contributed by atoms with Crippen LogP contribution in [0.25, 0.3) is 0 Å². The van der Waals surface area contributed by atoms with Gasteiger partial charge in [0.25, 0.3) is 0 Å². The fourth-order valence-electron chi connectivity index (χ4n) is 5.74. The van der Waals surface area contributed by atoms with Crippen LogP contribution in [0.2, 0.25) is 0 Å². The molecule has 55 heavy (non-hydrogen) atoms. The third-order valence-corrected chi connectivity index (χ3v) is 8.93. The highest BCUT2D eigenvalue weighted by molar-refractivity contribution is 5.95. The first-order chi connectivity index (χ1) is 26.0. The molecule has 0 aliphatic rings. The van der Waals surface area contributed by atoms with Gasteiger partial charge in [-0.25, -0.2) is 4.79 Å². The molecule has 12 N–H and O–H groups in total. The van der Waals surface area contributed by atoms with Crippen molar-refractivity contribution in [3.63, 3.8) is 0 Å². The average Bonchev–Trinajstić information content (AvgIpc) is 3.13. The van der Waals surface area contributed by atoms with Crippen molar-refractivity contribution in [1.82, 2.24) is 26.6 Å².